The minimum absolute atomic E-state index is 0.0353. The smallest absolute Gasteiger partial charge is 0.234 e. The molecule has 0 saturated carbocycles. The fourth-order valence-corrected chi connectivity index (χ4v) is 3.65. The molecule has 3 nitrogen and oxygen atoms in total. The number of aryl methyl sites for hydroxylation is 1. The van der Waals surface area contributed by atoms with Crippen molar-refractivity contribution in [3.63, 3.8) is 0 Å². The SMILES string of the molecule is Cc1c(C(C)NCC(=O)NC(C)(C)C)sc2ccccc12. The largest absolute Gasteiger partial charge is 0.350 e. The Balaban J connectivity index is 2.04. The van der Waals surface area contributed by atoms with Gasteiger partial charge in [-0.15, -0.1) is 11.3 Å². The molecule has 0 radical (unpaired) electrons. The van der Waals surface area contributed by atoms with Gasteiger partial charge >= 0.3 is 0 Å². The van der Waals surface area contributed by atoms with Crippen LogP contribution in [-0.2, 0) is 4.79 Å². The summed E-state index contributed by atoms with van der Waals surface area (Å²) in [7, 11) is 0. The first-order valence-electron chi connectivity index (χ1n) is 7.30. The Hall–Kier alpha value is -1.39. The van der Waals surface area contributed by atoms with E-state index < -0.39 is 0 Å². The molecule has 0 bridgehead atoms. The van der Waals surface area contributed by atoms with Crippen molar-refractivity contribution in [2.75, 3.05) is 6.54 Å². The second kappa shape index (κ2) is 6.16. The maximum Gasteiger partial charge on any atom is 0.234 e. The molecule has 0 aliphatic rings. The summed E-state index contributed by atoms with van der Waals surface area (Å²) in [6.07, 6.45) is 0. The van der Waals surface area contributed by atoms with Crippen molar-refractivity contribution in [1.29, 1.82) is 0 Å². The second-order valence-electron chi connectivity index (χ2n) is 6.49. The quantitative estimate of drug-likeness (QED) is 0.902. The summed E-state index contributed by atoms with van der Waals surface area (Å²) < 4.78 is 1.30. The van der Waals surface area contributed by atoms with E-state index in [-0.39, 0.29) is 17.5 Å². The van der Waals surface area contributed by atoms with E-state index in [1.807, 2.05) is 20.8 Å². The van der Waals surface area contributed by atoms with Gasteiger partial charge in [-0.2, -0.15) is 0 Å². The van der Waals surface area contributed by atoms with E-state index in [1.54, 1.807) is 11.3 Å². The Morgan fingerprint density at radius 3 is 2.57 bits per heavy atom. The van der Waals surface area contributed by atoms with Crippen LogP contribution < -0.4 is 10.6 Å². The van der Waals surface area contributed by atoms with Crippen LogP contribution in [0.3, 0.4) is 0 Å². The minimum Gasteiger partial charge on any atom is -0.350 e. The first-order chi connectivity index (χ1) is 9.78. The maximum absolute atomic E-state index is 11.9. The Labute approximate surface area is 130 Å². The van der Waals surface area contributed by atoms with Gasteiger partial charge < -0.3 is 10.6 Å². The highest BCUT2D eigenvalue weighted by Crippen LogP contribution is 2.34. The molecule has 1 heterocycles. The molecule has 4 heteroatoms. The van der Waals surface area contributed by atoms with Crippen molar-refractivity contribution >= 4 is 27.3 Å². The Morgan fingerprint density at radius 1 is 1.29 bits per heavy atom. The van der Waals surface area contributed by atoms with Crippen LogP contribution in [0, 0.1) is 6.92 Å². The monoisotopic (exact) mass is 304 g/mol. The Morgan fingerprint density at radius 2 is 1.95 bits per heavy atom. The van der Waals surface area contributed by atoms with Crippen LogP contribution >= 0.6 is 11.3 Å². The lowest BCUT2D eigenvalue weighted by Gasteiger charge is -2.21. The van der Waals surface area contributed by atoms with Gasteiger partial charge in [0, 0.05) is 21.2 Å². The van der Waals surface area contributed by atoms with Gasteiger partial charge in [0.2, 0.25) is 5.91 Å². The van der Waals surface area contributed by atoms with Crippen LogP contribution in [0.25, 0.3) is 10.1 Å². The second-order valence-corrected chi connectivity index (χ2v) is 7.57. The molecule has 0 fully saturated rings. The van der Waals surface area contributed by atoms with E-state index in [4.69, 9.17) is 0 Å². The summed E-state index contributed by atoms with van der Waals surface area (Å²) in [6, 6.07) is 8.62. The minimum atomic E-state index is -0.185. The third-order valence-electron chi connectivity index (χ3n) is 3.36. The van der Waals surface area contributed by atoms with Gasteiger partial charge in [-0.1, -0.05) is 18.2 Å². The normalized spacial score (nSPS) is 13.4. The first kappa shape index (κ1) is 16.0. The van der Waals surface area contributed by atoms with E-state index >= 15 is 0 Å². The molecular weight excluding hydrogens is 280 g/mol. The number of fused-ring (bicyclic) bond motifs is 1. The molecule has 1 amide bonds. The summed E-state index contributed by atoms with van der Waals surface area (Å²) in [4.78, 5) is 13.2. The van der Waals surface area contributed by atoms with E-state index in [2.05, 4.69) is 48.7 Å². The molecular formula is C17H24N2OS. The number of amides is 1. The van der Waals surface area contributed by atoms with Gasteiger partial charge in [0.25, 0.3) is 0 Å². The molecule has 2 N–H and O–H groups in total. The average Bonchev–Trinajstić information content (AvgIpc) is 2.72. The zero-order valence-electron chi connectivity index (χ0n) is 13.4. The zero-order chi connectivity index (χ0) is 15.6. The number of carbonyl (C=O) groups excluding carboxylic acids is 1. The van der Waals surface area contributed by atoms with Gasteiger partial charge in [0.05, 0.1) is 6.54 Å². The third kappa shape index (κ3) is 4.05. The van der Waals surface area contributed by atoms with E-state index in [1.165, 1.54) is 20.5 Å². The highest BCUT2D eigenvalue weighted by atomic mass is 32.1. The molecule has 0 aliphatic carbocycles. The predicted molar refractivity (Wildman–Crippen MR) is 90.9 cm³/mol. The van der Waals surface area contributed by atoms with Gasteiger partial charge in [0.15, 0.2) is 0 Å². The van der Waals surface area contributed by atoms with Crippen LogP contribution in [0.5, 0.6) is 0 Å². The number of carbonyl (C=O) groups is 1. The highest BCUT2D eigenvalue weighted by molar-refractivity contribution is 7.19. The summed E-state index contributed by atoms with van der Waals surface area (Å²) in [5, 5.41) is 7.60. The number of hydrogen-bond donors (Lipinski definition) is 2. The zero-order valence-corrected chi connectivity index (χ0v) is 14.2. The van der Waals surface area contributed by atoms with Crippen LogP contribution in [0.2, 0.25) is 0 Å². The van der Waals surface area contributed by atoms with E-state index in [9.17, 15) is 4.79 Å². The van der Waals surface area contributed by atoms with Gasteiger partial charge in [-0.25, -0.2) is 0 Å². The number of hydrogen-bond acceptors (Lipinski definition) is 3. The Bertz CT molecular complexity index is 640. The summed E-state index contributed by atoms with van der Waals surface area (Å²) in [5.74, 6) is 0.0353. The predicted octanol–water partition coefficient (Wildman–Crippen LogP) is 3.78. The number of rotatable bonds is 4. The number of thiophene rings is 1. The molecule has 1 aromatic carbocycles. The van der Waals surface area contributed by atoms with Crippen molar-refractivity contribution in [3.05, 3.63) is 34.7 Å². The molecule has 0 aliphatic heterocycles. The fourth-order valence-electron chi connectivity index (χ4n) is 2.41. The summed E-state index contributed by atoms with van der Waals surface area (Å²) >= 11 is 1.80. The van der Waals surface area contributed by atoms with Crippen LogP contribution in [-0.4, -0.2) is 18.0 Å². The van der Waals surface area contributed by atoms with Crippen molar-refractivity contribution < 1.29 is 4.79 Å². The van der Waals surface area contributed by atoms with Crippen LogP contribution in [0.1, 0.15) is 44.2 Å². The lowest BCUT2D eigenvalue weighted by Crippen LogP contribution is -2.45. The first-order valence-corrected chi connectivity index (χ1v) is 8.12. The van der Waals surface area contributed by atoms with E-state index in [0.29, 0.717) is 6.54 Å². The number of benzene rings is 1. The molecule has 2 rings (SSSR count). The van der Waals surface area contributed by atoms with Crippen molar-refractivity contribution in [2.45, 2.75) is 46.2 Å². The number of nitrogens with one attached hydrogen (secondary N) is 2. The van der Waals surface area contributed by atoms with Crippen molar-refractivity contribution in [3.8, 4) is 0 Å². The molecule has 0 spiro atoms. The summed E-state index contributed by atoms with van der Waals surface area (Å²) in [5.41, 5.74) is 1.13. The molecule has 2 aromatic rings. The molecule has 21 heavy (non-hydrogen) atoms. The lowest BCUT2D eigenvalue weighted by molar-refractivity contribution is -0.121. The molecule has 1 unspecified atom stereocenters. The topological polar surface area (TPSA) is 41.1 Å². The lowest BCUT2D eigenvalue weighted by atomic mass is 10.1. The molecule has 1 aromatic heterocycles. The third-order valence-corrected chi connectivity index (χ3v) is 4.81. The van der Waals surface area contributed by atoms with Gasteiger partial charge in [-0.3, -0.25) is 4.79 Å². The van der Waals surface area contributed by atoms with Crippen molar-refractivity contribution in [1.82, 2.24) is 10.6 Å². The van der Waals surface area contributed by atoms with E-state index in [0.717, 1.165) is 0 Å². The molecule has 1 atom stereocenters. The fraction of sp³-hybridized carbons (Fsp3) is 0.471. The standard InChI is InChI=1S/C17H24N2OS/c1-11-13-8-6-7-9-14(13)21-16(11)12(2)18-10-15(20)19-17(3,4)5/h6-9,12,18H,10H2,1-5H3,(H,19,20). The van der Waals surface area contributed by atoms with Crippen LogP contribution in [0.4, 0.5) is 0 Å². The Kier molecular flexibility index (Phi) is 4.69. The maximum atomic E-state index is 11.9. The van der Waals surface area contributed by atoms with Crippen molar-refractivity contribution in [2.24, 2.45) is 0 Å². The van der Waals surface area contributed by atoms with Gasteiger partial charge in [0.1, 0.15) is 0 Å². The highest BCUT2D eigenvalue weighted by Gasteiger charge is 2.17. The average molecular weight is 304 g/mol. The molecule has 0 saturated heterocycles. The van der Waals surface area contributed by atoms with Gasteiger partial charge in [-0.05, 0) is 51.6 Å². The summed E-state index contributed by atoms with van der Waals surface area (Å²) in [6.45, 7) is 10.6. The molecule has 114 valence electrons. The van der Waals surface area contributed by atoms with Crippen LogP contribution in [0.15, 0.2) is 24.3 Å².